The molecule has 6 fully saturated rings. The first-order valence-electron chi connectivity index (χ1n) is 38.0. The van der Waals surface area contributed by atoms with Crippen LogP contribution in [0.15, 0.2) is 18.2 Å². The zero-order valence-electron chi connectivity index (χ0n) is 63.8. The summed E-state index contributed by atoms with van der Waals surface area (Å²) in [5.74, 6) is -10.0. The fourth-order valence-corrected chi connectivity index (χ4v) is 16.5. The summed E-state index contributed by atoms with van der Waals surface area (Å²) >= 11 is 6.17. The van der Waals surface area contributed by atoms with Crippen molar-refractivity contribution < 1.29 is 84.2 Å². The Hall–Kier alpha value is -7.24. The predicted octanol–water partition coefficient (Wildman–Crippen LogP) is 6.68. The van der Waals surface area contributed by atoms with Crippen LogP contribution < -0.4 is 16.0 Å². The minimum atomic E-state index is -4.82. The second kappa shape index (κ2) is 38.7. The number of nitrogens with zero attached hydrogens (tertiary/aromatic N) is 9. The fourth-order valence-electron chi connectivity index (χ4n) is 16.2. The Morgan fingerprint density at radius 1 is 0.660 bits per heavy atom. The predicted molar refractivity (Wildman–Crippen MR) is 385 cm³/mol. The standard InChI is InChI=1S/C75H114ClF5N12O13/c1-12-47(4)64-71(103)87(7)43-62(96)85(5)44-63(97)89(9)57(38-48-24-16-13-17-25-48)69(101)86(6)42-60(94)82-54(31-29-49-28-30-52(53(76)37-49)75(79,80)81)68(100)93-41-51(106-45-59(77)78)39-56(93)67(99)84-74(32-20-21-33-74)73(105)91(11)65(50-26-18-14-19-27-50)72(104)90(10)58(70(102)92-34-22-15-23-35-92)40-61(95)88(8)55(36-46(2)3)66(98)83-64/h28,30,37,46-48,50-51,54-59,64-65H,12-27,29,31-36,38-45H2,1-11H3,(H,82,94)(H,83,98)(H,84,99)/t47-,51-,54-,55-,56-,57-,58-,64-,65-/m0/s1. The summed E-state index contributed by atoms with van der Waals surface area (Å²) in [6.07, 6.45) is 0.387. The van der Waals surface area contributed by atoms with Gasteiger partial charge in [0.1, 0.15) is 54.4 Å². The van der Waals surface area contributed by atoms with E-state index in [2.05, 4.69) is 16.0 Å². The van der Waals surface area contributed by atoms with E-state index in [1.807, 2.05) is 20.8 Å². The molecule has 3 heterocycles. The second-order valence-corrected chi connectivity index (χ2v) is 31.5. The van der Waals surface area contributed by atoms with Gasteiger partial charge in [0.25, 0.3) is 6.43 Å². The van der Waals surface area contributed by atoms with Crippen LogP contribution in [-0.4, -0.2) is 271 Å². The summed E-state index contributed by atoms with van der Waals surface area (Å²) in [6.45, 7) is 4.47. The third-order valence-corrected chi connectivity index (χ3v) is 23.1. The van der Waals surface area contributed by atoms with E-state index < -0.39 is 199 Å². The Morgan fingerprint density at radius 3 is 1.85 bits per heavy atom. The molecular weight excluding hydrogens is 1410 g/mol. The molecule has 1 spiro atoms. The number of aryl methyl sites for hydroxylation is 1. The molecule has 3 saturated heterocycles. The fraction of sp³-hybridized carbons (Fsp3) is 0.760. The average molecular weight is 1520 g/mol. The van der Waals surface area contributed by atoms with Crippen molar-refractivity contribution in [3.8, 4) is 0 Å². The number of likely N-dealkylation sites (tertiary alicyclic amines) is 1. The van der Waals surface area contributed by atoms with E-state index in [0.29, 0.717) is 70.9 Å². The SMILES string of the molecule is CC[C@H](C)[C@@H]1NC(=O)[C@H](CC(C)C)N(C)C(=O)C[C@@H](C(=O)N2CCCCC2)N(C)C(=O)[C@H](C2CCCCC2)N(C)C(=O)C2(CCCC2)NC(=O)[C@@H]2C[C@H](OCC(F)F)CN2C(=O)[C@H](CCc2ccc(C(F)(F)F)c(Cl)c2)NC(=O)CN(C)C(=O)[C@H](CC2CCCCC2)N(C)C(=O)CN(C)C(=O)CN(C)C1=O. The molecule has 6 aliphatic rings. The number of hydrogen-bond acceptors (Lipinski definition) is 13. The molecule has 0 aromatic heterocycles. The third kappa shape index (κ3) is 22.2. The monoisotopic (exact) mass is 1520 g/mol. The molecule has 0 bridgehead atoms. The van der Waals surface area contributed by atoms with Crippen LogP contribution in [0.2, 0.25) is 5.02 Å². The van der Waals surface area contributed by atoms with E-state index in [9.17, 15) is 50.7 Å². The Labute approximate surface area is 625 Å². The number of fused-ring (bicyclic) bond motifs is 1. The number of carbonyl (C=O) groups excluding carboxylic acids is 12. The maximum absolute atomic E-state index is 15.9. The first-order valence-corrected chi connectivity index (χ1v) is 38.4. The van der Waals surface area contributed by atoms with E-state index in [0.717, 1.165) is 82.7 Å². The zero-order chi connectivity index (χ0) is 78.2. The molecule has 0 radical (unpaired) electrons. The van der Waals surface area contributed by atoms with Crippen molar-refractivity contribution in [1.82, 2.24) is 60.0 Å². The lowest BCUT2D eigenvalue weighted by atomic mass is 9.81. The van der Waals surface area contributed by atoms with Crippen molar-refractivity contribution >= 4 is 82.5 Å². The number of likely N-dealkylation sites (N-methyl/N-ethyl adjacent to an activating group) is 7. The molecule has 7 rings (SSSR count). The lowest BCUT2D eigenvalue weighted by molar-refractivity contribution is -0.157. The van der Waals surface area contributed by atoms with Crippen LogP contribution in [0.25, 0.3) is 0 Å². The number of benzene rings is 1. The van der Waals surface area contributed by atoms with Crippen LogP contribution in [-0.2, 0) is 74.9 Å². The van der Waals surface area contributed by atoms with E-state index in [4.69, 9.17) is 16.3 Å². The molecule has 25 nitrogen and oxygen atoms in total. The van der Waals surface area contributed by atoms with Crippen LogP contribution in [0.5, 0.6) is 0 Å². The van der Waals surface area contributed by atoms with E-state index in [-0.39, 0.29) is 62.3 Å². The van der Waals surface area contributed by atoms with Gasteiger partial charge in [-0.05, 0) is 112 Å². The number of ether oxygens (including phenoxy) is 1. The van der Waals surface area contributed by atoms with Crippen LogP contribution in [0.1, 0.15) is 187 Å². The van der Waals surface area contributed by atoms with Gasteiger partial charge in [-0.15, -0.1) is 0 Å². The van der Waals surface area contributed by atoms with Gasteiger partial charge in [-0.2, -0.15) is 13.2 Å². The maximum Gasteiger partial charge on any atom is 0.417 e. The summed E-state index contributed by atoms with van der Waals surface area (Å²) in [7, 11) is 9.72. The lowest BCUT2D eigenvalue weighted by Crippen LogP contribution is -2.65. The van der Waals surface area contributed by atoms with E-state index in [1.54, 1.807) is 11.8 Å². The van der Waals surface area contributed by atoms with Gasteiger partial charge in [-0.3, -0.25) is 57.5 Å². The topological polar surface area (TPSA) is 279 Å². The summed E-state index contributed by atoms with van der Waals surface area (Å²) in [5, 5.41) is 7.89. The Bertz CT molecular complexity index is 3270. The normalized spacial score (nSPS) is 26.9. The van der Waals surface area contributed by atoms with Crippen LogP contribution in [0, 0.1) is 23.7 Å². The van der Waals surface area contributed by atoms with E-state index >= 15 is 28.8 Å². The zero-order valence-corrected chi connectivity index (χ0v) is 64.5. The average Bonchev–Trinajstić information content (AvgIpc) is 1.51. The number of amides is 12. The first-order chi connectivity index (χ1) is 50.0. The maximum atomic E-state index is 15.9. The van der Waals surface area contributed by atoms with Crippen molar-refractivity contribution in [2.75, 3.05) is 95.2 Å². The largest absolute Gasteiger partial charge is 0.417 e. The Balaban J connectivity index is 1.33. The summed E-state index contributed by atoms with van der Waals surface area (Å²) in [4.78, 5) is 192. The van der Waals surface area contributed by atoms with Crippen LogP contribution in [0.3, 0.4) is 0 Å². The van der Waals surface area contributed by atoms with Crippen molar-refractivity contribution in [1.29, 1.82) is 0 Å². The Morgan fingerprint density at radius 2 is 1.25 bits per heavy atom. The van der Waals surface area contributed by atoms with Crippen LogP contribution in [0.4, 0.5) is 22.0 Å². The van der Waals surface area contributed by atoms with Gasteiger partial charge in [0, 0.05) is 75.4 Å². The van der Waals surface area contributed by atoms with Crippen molar-refractivity contribution in [2.24, 2.45) is 23.7 Å². The van der Waals surface area contributed by atoms with Gasteiger partial charge in [0.15, 0.2) is 0 Å². The molecule has 12 amide bonds. The molecule has 3 saturated carbocycles. The quantitative estimate of drug-likeness (QED) is 0.164. The van der Waals surface area contributed by atoms with Gasteiger partial charge >= 0.3 is 6.18 Å². The second-order valence-electron chi connectivity index (χ2n) is 31.1. The van der Waals surface area contributed by atoms with Gasteiger partial charge in [0.05, 0.1) is 42.7 Å². The Kier molecular flexibility index (Phi) is 31.4. The highest BCUT2D eigenvalue weighted by Crippen LogP contribution is 2.39. The molecule has 0 unspecified atom stereocenters. The van der Waals surface area contributed by atoms with Gasteiger partial charge < -0.3 is 64.8 Å². The number of alkyl halides is 5. The molecule has 3 aliphatic carbocycles. The molecule has 106 heavy (non-hydrogen) atoms. The molecular formula is C75H114ClF5N12O13. The van der Waals surface area contributed by atoms with Crippen molar-refractivity contribution in [3.05, 3.63) is 34.3 Å². The highest BCUT2D eigenvalue weighted by Gasteiger charge is 2.52. The summed E-state index contributed by atoms with van der Waals surface area (Å²) in [5.41, 5.74) is -2.68. The molecule has 1 aromatic rings. The minimum absolute atomic E-state index is 0.0371. The first kappa shape index (κ1) is 86.0. The molecule has 594 valence electrons. The lowest BCUT2D eigenvalue weighted by Gasteiger charge is -2.43. The van der Waals surface area contributed by atoms with Gasteiger partial charge in [0.2, 0.25) is 70.9 Å². The molecule has 3 aliphatic heterocycles. The number of hydrogen-bond donors (Lipinski definition) is 3. The van der Waals surface area contributed by atoms with Gasteiger partial charge in [-0.25, -0.2) is 8.78 Å². The smallest absolute Gasteiger partial charge is 0.370 e. The number of piperidine rings is 1. The van der Waals surface area contributed by atoms with E-state index in [1.165, 1.54) is 68.9 Å². The number of carbonyl (C=O) groups is 12. The van der Waals surface area contributed by atoms with Crippen molar-refractivity contribution in [3.63, 3.8) is 0 Å². The number of halogens is 6. The molecule has 9 atom stereocenters. The van der Waals surface area contributed by atoms with Crippen molar-refractivity contribution in [2.45, 2.75) is 248 Å². The van der Waals surface area contributed by atoms with Crippen LogP contribution >= 0.6 is 11.6 Å². The van der Waals surface area contributed by atoms with Gasteiger partial charge in [-0.1, -0.05) is 116 Å². The highest BCUT2D eigenvalue weighted by molar-refractivity contribution is 6.31. The highest BCUT2D eigenvalue weighted by atomic mass is 35.5. The number of rotatable bonds is 14. The number of nitrogens with one attached hydrogen (secondary N) is 3. The molecule has 3 N–H and O–H groups in total. The summed E-state index contributed by atoms with van der Waals surface area (Å²) in [6, 6.07) is -6.65. The molecule has 31 heteroatoms. The summed E-state index contributed by atoms with van der Waals surface area (Å²) < 4.78 is 75.5. The minimum Gasteiger partial charge on any atom is -0.370 e. The third-order valence-electron chi connectivity index (χ3n) is 22.8. The molecule has 1 aromatic carbocycles.